The zero-order valence-corrected chi connectivity index (χ0v) is 18.6. The number of ether oxygens (including phenoxy) is 1. The van der Waals surface area contributed by atoms with Crippen molar-refractivity contribution in [2.45, 2.75) is 20.0 Å². The molecule has 0 aliphatic carbocycles. The minimum Gasteiger partial charge on any atom is -0.496 e. The van der Waals surface area contributed by atoms with Crippen molar-refractivity contribution in [2.24, 2.45) is 4.99 Å². The molecule has 0 aliphatic rings. The SMILES string of the molecule is CN=C(NCc1cc(-c2ccccc2)on1)NCc1ccc(C)cc1OC.I. The summed E-state index contributed by atoms with van der Waals surface area (Å²) >= 11 is 0. The van der Waals surface area contributed by atoms with E-state index in [9.17, 15) is 0 Å². The third-order valence-corrected chi connectivity index (χ3v) is 4.17. The highest BCUT2D eigenvalue weighted by Gasteiger charge is 2.08. The Hall–Kier alpha value is -2.55. The zero-order chi connectivity index (χ0) is 19.1. The van der Waals surface area contributed by atoms with Gasteiger partial charge in [-0.15, -0.1) is 24.0 Å². The zero-order valence-electron chi connectivity index (χ0n) is 16.2. The molecular formula is C21H25IN4O2. The molecule has 3 aromatic rings. The maximum absolute atomic E-state index is 5.44. The Morgan fingerprint density at radius 1 is 1.07 bits per heavy atom. The van der Waals surface area contributed by atoms with Gasteiger partial charge in [0.2, 0.25) is 0 Å². The third kappa shape index (κ3) is 5.72. The van der Waals surface area contributed by atoms with E-state index in [1.54, 1.807) is 14.2 Å². The maximum Gasteiger partial charge on any atom is 0.191 e. The Kier molecular flexibility index (Phi) is 8.31. The van der Waals surface area contributed by atoms with E-state index in [2.05, 4.69) is 32.9 Å². The summed E-state index contributed by atoms with van der Waals surface area (Å²) in [6.45, 7) is 3.17. The van der Waals surface area contributed by atoms with Crippen molar-refractivity contribution in [1.82, 2.24) is 15.8 Å². The van der Waals surface area contributed by atoms with Crippen LogP contribution in [0.15, 0.2) is 64.1 Å². The Bertz CT molecular complexity index is 910. The molecule has 7 heteroatoms. The van der Waals surface area contributed by atoms with Crippen LogP contribution < -0.4 is 15.4 Å². The van der Waals surface area contributed by atoms with E-state index in [-0.39, 0.29) is 24.0 Å². The van der Waals surface area contributed by atoms with E-state index in [1.165, 1.54) is 5.56 Å². The van der Waals surface area contributed by atoms with Gasteiger partial charge in [-0.05, 0) is 18.6 Å². The largest absolute Gasteiger partial charge is 0.496 e. The predicted molar refractivity (Wildman–Crippen MR) is 122 cm³/mol. The summed E-state index contributed by atoms with van der Waals surface area (Å²) in [5.74, 6) is 2.29. The van der Waals surface area contributed by atoms with Gasteiger partial charge in [-0.25, -0.2) is 0 Å². The molecule has 0 saturated heterocycles. The average Bonchev–Trinajstić information content (AvgIpc) is 3.18. The number of aromatic nitrogens is 1. The minimum atomic E-state index is 0. The van der Waals surface area contributed by atoms with Gasteiger partial charge in [0.05, 0.1) is 13.7 Å². The Labute approximate surface area is 182 Å². The Morgan fingerprint density at radius 2 is 1.82 bits per heavy atom. The van der Waals surface area contributed by atoms with E-state index < -0.39 is 0 Å². The van der Waals surface area contributed by atoms with Crippen LogP contribution in [0.2, 0.25) is 0 Å². The number of aliphatic imine (C=N–C) groups is 1. The van der Waals surface area contributed by atoms with Gasteiger partial charge in [-0.2, -0.15) is 0 Å². The first kappa shape index (κ1) is 21.7. The molecule has 0 saturated carbocycles. The van der Waals surface area contributed by atoms with Crippen LogP contribution in [0.3, 0.4) is 0 Å². The molecule has 1 aromatic heterocycles. The Morgan fingerprint density at radius 3 is 2.54 bits per heavy atom. The van der Waals surface area contributed by atoms with E-state index in [0.717, 1.165) is 28.3 Å². The fourth-order valence-corrected chi connectivity index (χ4v) is 2.71. The van der Waals surface area contributed by atoms with E-state index in [0.29, 0.717) is 19.0 Å². The summed E-state index contributed by atoms with van der Waals surface area (Å²) in [6.07, 6.45) is 0. The average molecular weight is 492 g/mol. The number of nitrogens with one attached hydrogen (secondary N) is 2. The first-order valence-electron chi connectivity index (χ1n) is 8.78. The van der Waals surface area contributed by atoms with Crippen LogP contribution in [0.5, 0.6) is 5.75 Å². The van der Waals surface area contributed by atoms with Crippen LogP contribution in [0.25, 0.3) is 11.3 Å². The number of benzene rings is 2. The second-order valence-corrected chi connectivity index (χ2v) is 6.14. The first-order chi connectivity index (χ1) is 13.2. The number of methoxy groups -OCH3 is 1. The molecule has 0 aliphatic heterocycles. The van der Waals surface area contributed by atoms with Crippen LogP contribution in [0.4, 0.5) is 0 Å². The molecular weight excluding hydrogens is 467 g/mol. The summed E-state index contributed by atoms with van der Waals surface area (Å²) in [7, 11) is 3.42. The van der Waals surface area contributed by atoms with Gasteiger partial charge < -0.3 is 19.9 Å². The lowest BCUT2D eigenvalue weighted by atomic mass is 10.1. The summed E-state index contributed by atoms with van der Waals surface area (Å²) in [5.41, 5.74) is 4.05. The normalized spacial score (nSPS) is 10.9. The Balaban J connectivity index is 0.00000280. The number of hydrogen-bond acceptors (Lipinski definition) is 4. The van der Waals surface area contributed by atoms with Crippen molar-refractivity contribution in [3.05, 3.63) is 71.4 Å². The summed E-state index contributed by atoms with van der Waals surface area (Å²) in [6, 6.07) is 18.0. The smallest absolute Gasteiger partial charge is 0.191 e. The van der Waals surface area contributed by atoms with Crippen molar-refractivity contribution in [2.75, 3.05) is 14.2 Å². The lowest BCUT2D eigenvalue weighted by Gasteiger charge is -2.13. The lowest BCUT2D eigenvalue weighted by Crippen LogP contribution is -2.36. The second-order valence-electron chi connectivity index (χ2n) is 6.14. The van der Waals surface area contributed by atoms with Crippen molar-refractivity contribution in [1.29, 1.82) is 0 Å². The van der Waals surface area contributed by atoms with Gasteiger partial charge in [0.15, 0.2) is 11.7 Å². The van der Waals surface area contributed by atoms with Crippen molar-refractivity contribution in [3.63, 3.8) is 0 Å². The molecule has 6 nitrogen and oxygen atoms in total. The molecule has 148 valence electrons. The van der Waals surface area contributed by atoms with Crippen molar-refractivity contribution in [3.8, 4) is 17.1 Å². The number of rotatable bonds is 6. The van der Waals surface area contributed by atoms with Crippen LogP contribution in [0.1, 0.15) is 16.8 Å². The lowest BCUT2D eigenvalue weighted by molar-refractivity contribution is 0.408. The third-order valence-electron chi connectivity index (χ3n) is 4.17. The fourth-order valence-electron chi connectivity index (χ4n) is 2.71. The van der Waals surface area contributed by atoms with Gasteiger partial charge in [0.25, 0.3) is 0 Å². The van der Waals surface area contributed by atoms with Gasteiger partial charge in [0, 0.05) is 30.8 Å². The molecule has 0 amide bonds. The highest BCUT2D eigenvalue weighted by molar-refractivity contribution is 14.0. The van der Waals surface area contributed by atoms with Gasteiger partial charge >= 0.3 is 0 Å². The number of guanidine groups is 1. The van der Waals surface area contributed by atoms with Crippen LogP contribution in [-0.4, -0.2) is 25.3 Å². The molecule has 0 fully saturated rings. The summed E-state index contributed by atoms with van der Waals surface area (Å²) < 4.78 is 10.9. The van der Waals surface area contributed by atoms with Crippen LogP contribution in [-0.2, 0) is 13.1 Å². The molecule has 3 rings (SSSR count). The standard InChI is InChI=1S/C21H24N4O2.HI/c1-15-9-10-17(19(11-15)26-3)13-23-21(22-2)24-14-18-12-20(27-25-18)16-7-5-4-6-8-16;/h4-12H,13-14H2,1-3H3,(H2,22,23,24);1H. The van der Waals surface area contributed by atoms with Gasteiger partial charge in [-0.1, -0.05) is 47.6 Å². The quantitative estimate of drug-likeness (QED) is 0.308. The predicted octanol–water partition coefficient (Wildman–Crippen LogP) is 4.14. The fraction of sp³-hybridized carbons (Fsp3) is 0.238. The molecule has 0 spiro atoms. The number of hydrogen-bond donors (Lipinski definition) is 2. The van der Waals surface area contributed by atoms with Crippen LogP contribution >= 0.6 is 24.0 Å². The molecule has 0 unspecified atom stereocenters. The van der Waals surface area contributed by atoms with Crippen molar-refractivity contribution < 1.29 is 9.26 Å². The summed E-state index contributed by atoms with van der Waals surface area (Å²) in [4.78, 5) is 4.25. The van der Waals surface area contributed by atoms with Gasteiger partial charge in [0.1, 0.15) is 11.4 Å². The highest BCUT2D eigenvalue weighted by Crippen LogP contribution is 2.20. The topological polar surface area (TPSA) is 71.7 Å². The monoisotopic (exact) mass is 492 g/mol. The molecule has 2 N–H and O–H groups in total. The molecule has 1 heterocycles. The van der Waals surface area contributed by atoms with Crippen LogP contribution in [0, 0.1) is 6.92 Å². The first-order valence-corrected chi connectivity index (χ1v) is 8.78. The van der Waals surface area contributed by atoms with E-state index in [1.807, 2.05) is 49.4 Å². The molecule has 28 heavy (non-hydrogen) atoms. The van der Waals surface area contributed by atoms with E-state index >= 15 is 0 Å². The second kappa shape index (κ2) is 10.7. The summed E-state index contributed by atoms with van der Waals surface area (Å²) in [5, 5.41) is 10.6. The number of aryl methyl sites for hydroxylation is 1. The maximum atomic E-state index is 5.44. The highest BCUT2D eigenvalue weighted by atomic mass is 127. The molecule has 2 aromatic carbocycles. The molecule has 0 radical (unpaired) electrons. The minimum absolute atomic E-state index is 0. The number of halogens is 1. The van der Waals surface area contributed by atoms with E-state index in [4.69, 9.17) is 9.26 Å². The number of nitrogens with zero attached hydrogens (tertiary/aromatic N) is 2. The van der Waals surface area contributed by atoms with Crippen molar-refractivity contribution >= 4 is 29.9 Å². The molecule has 0 atom stereocenters. The van der Waals surface area contributed by atoms with Gasteiger partial charge in [-0.3, -0.25) is 4.99 Å². The molecule has 0 bridgehead atoms.